The minimum atomic E-state index is -0.0771. The predicted molar refractivity (Wildman–Crippen MR) is 105 cm³/mol. The first-order valence-electron chi connectivity index (χ1n) is 9.29. The van der Waals surface area contributed by atoms with Gasteiger partial charge in [-0.05, 0) is 50.8 Å². The molecule has 7 nitrogen and oxygen atoms in total. The lowest BCUT2D eigenvalue weighted by Crippen LogP contribution is -2.41. The minimum Gasteiger partial charge on any atom is -0.493 e. The molecule has 0 radical (unpaired) electrons. The summed E-state index contributed by atoms with van der Waals surface area (Å²) in [6.07, 6.45) is 1.97. The van der Waals surface area contributed by atoms with Crippen LogP contribution in [0.5, 0.6) is 11.5 Å². The largest absolute Gasteiger partial charge is 0.493 e. The number of nitrogens with zero attached hydrogens (tertiary/aromatic N) is 3. The molecule has 0 spiro atoms. The fourth-order valence-electron chi connectivity index (χ4n) is 3.54. The maximum Gasteiger partial charge on any atom is 0.321 e. The van der Waals surface area contributed by atoms with Gasteiger partial charge in [-0.3, -0.25) is 4.68 Å². The number of nitrogens with one attached hydrogen (secondary N) is 1. The van der Waals surface area contributed by atoms with Crippen molar-refractivity contribution >= 4 is 11.7 Å². The number of likely N-dealkylation sites (tertiary alicyclic amines) is 1. The number of urea groups is 1. The Labute approximate surface area is 160 Å². The lowest BCUT2D eigenvalue weighted by atomic mass is 9.97. The van der Waals surface area contributed by atoms with Gasteiger partial charge in [0.2, 0.25) is 0 Å². The molecule has 146 valence electrons. The highest BCUT2D eigenvalue weighted by Crippen LogP contribution is 2.30. The van der Waals surface area contributed by atoms with E-state index in [9.17, 15) is 4.79 Å². The molecule has 27 heavy (non-hydrogen) atoms. The van der Waals surface area contributed by atoms with Crippen LogP contribution in [0, 0.1) is 19.8 Å². The number of anilines is 1. The molecule has 7 heteroatoms. The summed E-state index contributed by atoms with van der Waals surface area (Å²) in [5.41, 5.74) is 2.95. The molecule has 0 aliphatic carbocycles. The van der Waals surface area contributed by atoms with Crippen LogP contribution in [0.1, 0.15) is 24.2 Å². The summed E-state index contributed by atoms with van der Waals surface area (Å²) in [6, 6.07) is 7.40. The Bertz CT molecular complexity index is 795. The number of rotatable bonds is 5. The van der Waals surface area contributed by atoms with E-state index in [1.807, 2.05) is 17.9 Å². The molecule has 1 aliphatic rings. The number of amides is 2. The SMILES string of the molecule is COc1ccc(NC(=O)N2CCC(Cn3nc(C)cc3C)CC2)cc1OC. The summed E-state index contributed by atoms with van der Waals surface area (Å²) in [5, 5.41) is 7.49. The van der Waals surface area contributed by atoms with E-state index in [0.29, 0.717) is 23.1 Å². The van der Waals surface area contributed by atoms with Crippen LogP contribution in [0.3, 0.4) is 0 Å². The van der Waals surface area contributed by atoms with E-state index in [-0.39, 0.29) is 6.03 Å². The third-order valence-corrected chi connectivity index (χ3v) is 5.07. The Morgan fingerprint density at radius 3 is 2.44 bits per heavy atom. The molecule has 2 amide bonds. The van der Waals surface area contributed by atoms with Crippen molar-refractivity contribution in [3.8, 4) is 11.5 Å². The second-order valence-electron chi connectivity index (χ2n) is 7.04. The zero-order chi connectivity index (χ0) is 19.4. The van der Waals surface area contributed by atoms with Gasteiger partial charge in [-0.15, -0.1) is 0 Å². The molecule has 1 fully saturated rings. The number of hydrogen-bond acceptors (Lipinski definition) is 4. The standard InChI is InChI=1S/C20H28N4O3/c1-14-11-15(2)24(22-14)13-16-7-9-23(10-8-16)20(25)21-17-5-6-18(26-3)19(12-17)27-4/h5-6,11-12,16H,7-10,13H2,1-4H3,(H,21,25). The zero-order valence-electron chi connectivity index (χ0n) is 16.5. The van der Waals surface area contributed by atoms with E-state index >= 15 is 0 Å². The van der Waals surface area contributed by atoms with Gasteiger partial charge in [-0.1, -0.05) is 0 Å². The van der Waals surface area contributed by atoms with Crippen molar-refractivity contribution in [1.82, 2.24) is 14.7 Å². The first-order chi connectivity index (χ1) is 13.0. The number of benzene rings is 1. The van der Waals surface area contributed by atoms with Crippen LogP contribution >= 0.6 is 0 Å². The normalized spacial score (nSPS) is 14.9. The topological polar surface area (TPSA) is 68.6 Å². The molecule has 1 saturated heterocycles. The number of piperidine rings is 1. The molecule has 2 heterocycles. The molecule has 1 aromatic heterocycles. The van der Waals surface area contributed by atoms with Crippen LogP contribution in [0.25, 0.3) is 0 Å². The maximum absolute atomic E-state index is 12.6. The highest BCUT2D eigenvalue weighted by molar-refractivity contribution is 5.89. The summed E-state index contributed by atoms with van der Waals surface area (Å²) < 4.78 is 12.6. The van der Waals surface area contributed by atoms with Gasteiger partial charge in [0.1, 0.15) is 0 Å². The highest BCUT2D eigenvalue weighted by Gasteiger charge is 2.24. The third-order valence-electron chi connectivity index (χ3n) is 5.07. The number of aryl methyl sites for hydroxylation is 2. The molecule has 1 N–H and O–H groups in total. The Morgan fingerprint density at radius 1 is 1.15 bits per heavy atom. The molecular formula is C20H28N4O3. The fraction of sp³-hybridized carbons (Fsp3) is 0.500. The molecule has 0 bridgehead atoms. The van der Waals surface area contributed by atoms with Gasteiger partial charge in [-0.2, -0.15) is 5.10 Å². The van der Waals surface area contributed by atoms with Gasteiger partial charge < -0.3 is 19.7 Å². The minimum absolute atomic E-state index is 0.0771. The first kappa shape index (κ1) is 19.1. The van der Waals surface area contributed by atoms with Gasteiger partial charge in [0.15, 0.2) is 11.5 Å². The number of hydrogen-bond donors (Lipinski definition) is 1. The van der Waals surface area contributed by atoms with E-state index < -0.39 is 0 Å². The smallest absolute Gasteiger partial charge is 0.321 e. The van der Waals surface area contributed by atoms with Crippen LogP contribution in [0.4, 0.5) is 10.5 Å². The number of aromatic nitrogens is 2. The maximum atomic E-state index is 12.6. The second kappa shape index (κ2) is 8.33. The van der Waals surface area contributed by atoms with E-state index in [1.165, 1.54) is 5.69 Å². The van der Waals surface area contributed by atoms with Crippen LogP contribution in [0.2, 0.25) is 0 Å². The van der Waals surface area contributed by atoms with Crippen LogP contribution in [-0.4, -0.2) is 48.0 Å². The molecule has 0 atom stereocenters. The lowest BCUT2D eigenvalue weighted by Gasteiger charge is -2.32. The van der Waals surface area contributed by atoms with Crippen molar-refractivity contribution in [1.29, 1.82) is 0 Å². The molecular weight excluding hydrogens is 344 g/mol. The van der Waals surface area contributed by atoms with Crippen molar-refractivity contribution in [3.05, 3.63) is 35.7 Å². The Morgan fingerprint density at radius 2 is 1.85 bits per heavy atom. The quantitative estimate of drug-likeness (QED) is 0.873. The molecule has 0 unspecified atom stereocenters. The van der Waals surface area contributed by atoms with Crippen molar-refractivity contribution < 1.29 is 14.3 Å². The van der Waals surface area contributed by atoms with Crippen molar-refractivity contribution in [3.63, 3.8) is 0 Å². The monoisotopic (exact) mass is 372 g/mol. The van der Waals surface area contributed by atoms with Crippen molar-refractivity contribution in [2.75, 3.05) is 32.6 Å². The Balaban J connectivity index is 1.53. The Hall–Kier alpha value is -2.70. The molecule has 0 saturated carbocycles. The van der Waals surface area contributed by atoms with Gasteiger partial charge in [-0.25, -0.2) is 4.79 Å². The Kier molecular flexibility index (Phi) is 5.88. The van der Waals surface area contributed by atoms with Crippen LogP contribution in [0.15, 0.2) is 24.3 Å². The summed E-state index contributed by atoms with van der Waals surface area (Å²) in [5.74, 6) is 1.78. The van der Waals surface area contributed by atoms with Crippen molar-refractivity contribution in [2.24, 2.45) is 5.92 Å². The van der Waals surface area contributed by atoms with Crippen LogP contribution < -0.4 is 14.8 Å². The van der Waals surface area contributed by atoms with Gasteiger partial charge >= 0.3 is 6.03 Å². The number of carbonyl (C=O) groups is 1. The summed E-state index contributed by atoms with van der Waals surface area (Å²) in [6.45, 7) is 6.54. The van der Waals surface area contributed by atoms with Gasteiger partial charge in [0.05, 0.1) is 19.9 Å². The molecule has 1 aromatic carbocycles. The highest BCUT2D eigenvalue weighted by atomic mass is 16.5. The average molecular weight is 372 g/mol. The summed E-state index contributed by atoms with van der Waals surface area (Å²) >= 11 is 0. The fourth-order valence-corrected chi connectivity index (χ4v) is 3.54. The summed E-state index contributed by atoms with van der Waals surface area (Å²) in [4.78, 5) is 14.4. The predicted octanol–water partition coefficient (Wildman–Crippen LogP) is 3.46. The first-order valence-corrected chi connectivity index (χ1v) is 9.29. The number of carbonyl (C=O) groups excluding carboxylic acids is 1. The van der Waals surface area contributed by atoms with E-state index in [2.05, 4.69) is 28.1 Å². The number of ether oxygens (including phenoxy) is 2. The zero-order valence-corrected chi connectivity index (χ0v) is 16.5. The summed E-state index contributed by atoms with van der Waals surface area (Å²) in [7, 11) is 3.17. The molecule has 2 aromatic rings. The van der Waals surface area contributed by atoms with E-state index in [1.54, 1.807) is 26.4 Å². The molecule has 1 aliphatic heterocycles. The third kappa shape index (κ3) is 4.53. The average Bonchev–Trinajstić information content (AvgIpc) is 2.99. The lowest BCUT2D eigenvalue weighted by molar-refractivity contribution is 0.175. The van der Waals surface area contributed by atoms with Gasteiger partial charge in [0.25, 0.3) is 0 Å². The second-order valence-corrected chi connectivity index (χ2v) is 7.04. The van der Waals surface area contributed by atoms with E-state index in [4.69, 9.17) is 9.47 Å². The van der Waals surface area contributed by atoms with Crippen LogP contribution in [-0.2, 0) is 6.54 Å². The van der Waals surface area contributed by atoms with E-state index in [0.717, 1.165) is 38.2 Å². The van der Waals surface area contributed by atoms with Crippen molar-refractivity contribution in [2.45, 2.75) is 33.2 Å². The van der Waals surface area contributed by atoms with Gasteiger partial charge in [0, 0.05) is 37.1 Å². The molecule has 3 rings (SSSR count). The number of methoxy groups -OCH3 is 2.